The van der Waals surface area contributed by atoms with Gasteiger partial charge in [-0.15, -0.1) is 0 Å². The number of nitrogens with one attached hydrogen (secondary N) is 2. The first kappa shape index (κ1) is 15.2. The van der Waals surface area contributed by atoms with Crippen LogP contribution in [-0.4, -0.2) is 43.0 Å². The first-order valence-electron chi connectivity index (χ1n) is 6.54. The van der Waals surface area contributed by atoms with Crippen LogP contribution >= 0.6 is 0 Å². The van der Waals surface area contributed by atoms with Gasteiger partial charge in [0.1, 0.15) is 0 Å². The molecule has 0 aromatic rings. The molecule has 1 rings (SSSR count). The number of aliphatic hydroxyl groups excluding tert-OH is 1. The van der Waals surface area contributed by atoms with Gasteiger partial charge >= 0.3 is 6.03 Å². The highest BCUT2D eigenvalue weighted by Gasteiger charge is 2.37. The van der Waals surface area contributed by atoms with E-state index < -0.39 is 6.10 Å². The van der Waals surface area contributed by atoms with E-state index in [0.29, 0.717) is 6.54 Å². The third-order valence-electron chi connectivity index (χ3n) is 3.72. The lowest BCUT2D eigenvalue weighted by atomic mass is 9.80. The van der Waals surface area contributed by atoms with Gasteiger partial charge in [0.2, 0.25) is 0 Å². The van der Waals surface area contributed by atoms with Gasteiger partial charge in [-0.3, -0.25) is 0 Å². The van der Waals surface area contributed by atoms with Crippen LogP contribution in [0.4, 0.5) is 4.79 Å². The first-order valence-corrected chi connectivity index (χ1v) is 6.54. The van der Waals surface area contributed by atoms with Gasteiger partial charge < -0.3 is 20.5 Å². The Morgan fingerprint density at radius 2 is 2.00 bits per heavy atom. The molecule has 1 atom stereocenters. The van der Waals surface area contributed by atoms with E-state index in [4.69, 9.17) is 4.74 Å². The average molecular weight is 258 g/mol. The number of carbonyl (C=O) groups excluding carboxylic acids is 1. The van der Waals surface area contributed by atoms with Crippen molar-refractivity contribution in [2.75, 3.05) is 20.2 Å². The number of carbonyl (C=O) groups is 1. The van der Waals surface area contributed by atoms with Gasteiger partial charge in [0.05, 0.1) is 11.7 Å². The average Bonchev–Trinajstić information content (AvgIpc) is 2.23. The van der Waals surface area contributed by atoms with Gasteiger partial charge in [-0.1, -0.05) is 20.8 Å². The Kier molecular flexibility index (Phi) is 4.99. The van der Waals surface area contributed by atoms with E-state index in [0.717, 1.165) is 19.3 Å². The summed E-state index contributed by atoms with van der Waals surface area (Å²) in [5.74, 6) is 0. The summed E-state index contributed by atoms with van der Waals surface area (Å²) in [6.07, 6.45) is 2.59. The van der Waals surface area contributed by atoms with E-state index in [-0.39, 0.29) is 23.6 Å². The van der Waals surface area contributed by atoms with Crippen molar-refractivity contribution in [1.82, 2.24) is 10.6 Å². The number of urea groups is 1. The molecule has 0 saturated heterocycles. The normalized spacial score (nSPS) is 19.8. The quantitative estimate of drug-likeness (QED) is 0.695. The van der Waals surface area contributed by atoms with Crippen molar-refractivity contribution in [1.29, 1.82) is 0 Å². The van der Waals surface area contributed by atoms with Crippen LogP contribution in [0.15, 0.2) is 0 Å². The number of amides is 2. The standard InChI is InChI=1S/C13H26N2O3/c1-12(2,3)10(16)8-14-11(17)15-9-13(18-4)6-5-7-13/h10,16H,5-9H2,1-4H3,(H2,14,15,17). The molecule has 1 aliphatic carbocycles. The molecule has 1 fully saturated rings. The summed E-state index contributed by atoms with van der Waals surface area (Å²) in [5, 5.41) is 15.3. The summed E-state index contributed by atoms with van der Waals surface area (Å²) in [4.78, 5) is 11.6. The van der Waals surface area contributed by atoms with Crippen molar-refractivity contribution in [3.8, 4) is 0 Å². The molecule has 0 heterocycles. The third-order valence-corrected chi connectivity index (χ3v) is 3.72. The van der Waals surface area contributed by atoms with Crippen LogP contribution in [0.5, 0.6) is 0 Å². The number of ether oxygens (including phenoxy) is 1. The molecule has 0 aromatic heterocycles. The Labute approximate surface area is 109 Å². The maximum absolute atomic E-state index is 11.6. The number of rotatable bonds is 5. The Balaban J connectivity index is 2.22. The molecule has 5 nitrogen and oxygen atoms in total. The number of hydrogen-bond acceptors (Lipinski definition) is 3. The molecule has 2 amide bonds. The van der Waals surface area contributed by atoms with E-state index >= 15 is 0 Å². The molecule has 106 valence electrons. The summed E-state index contributed by atoms with van der Waals surface area (Å²) >= 11 is 0. The van der Waals surface area contributed by atoms with Crippen molar-refractivity contribution >= 4 is 6.03 Å². The molecule has 0 radical (unpaired) electrons. The molecule has 5 heteroatoms. The van der Waals surface area contributed by atoms with Gasteiger partial charge in [-0.25, -0.2) is 4.79 Å². The van der Waals surface area contributed by atoms with E-state index in [1.165, 1.54) is 0 Å². The highest BCUT2D eigenvalue weighted by atomic mass is 16.5. The van der Waals surface area contributed by atoms with Gasteiger partial charge in [0, 0.05) is 20.2 Å². The lowest BCUT2D eigenvalue weighted by Crippen LogP contribution is -2.52. The topological polar surface area (TPSA) is 70.6 Å². The van der Waals surface area contributed by atoms with Crippen molar-refractivity contribution in [3.63, 3.8) is 0 Å². The Bertz CT molecular complexity index is 277. The minimum atomic E-state index is -0.552. The summed E-state index contributed by atoms with van der Waals surface area (Å²) < 4.78 is 5.41. The Morgan fingerprint density at radius 1 is 1.39 bits per heavy atom. The fourth-order valence-electron chi connectivity index (χ4n) is 1.82. The molecule has 0 aromatic carbocycles. The van der Waals surface area contributed by atoms with E-state index in [2.05, 4.69) is 10.6 Å². The van der Waals surface area contributed by atoms with E-state index in [1.54, 1.807) is 7.11 Å². The second kappa shape index (κ2) is 5.89. The zero-order chi connectivity index (χ0) is 13.8. The fraction of sp³-hybridized carbons (Fsp3) is 0.923. The van der Waals surface area contributed by atoms with Crippen molar-refractivity contribution in [2.24, 2.45) is 5.41 Å². The largest absolute Gasteiger partial charge is 0.391 e. The maximum Gasteiger partial charge on any atom is 0.314 e. The first-order chi connectivity index (χ1) is 8.29. The monoisotopic (exact) mass is 258 g/mol. The highest BCUT2D eigenvalue weighted by molar-refractivity contribution is 5.73. The minimum Gasteiger partial charge on any atom is -0.391 e. The zero-order valence-electron chi connectivity index (χ0n) is 11.9. The Hall–Kier alpha value is -0.810. The van der Waals surface area contributed by atoms with Crippen LogP contribution in [0.1, 0.15) is 40.0 Å². The van der Waals surface area contributed by atoms with E-state index in [1.807, 2.05) is 20.8 Å². The van der Waals surface area contributed by atoms with Crippen LogP contribution in [0.2, 0.25) is 0 Å². The molecule has 18 heavy (non-hydrogen) atoms. The molecule has 0 aliphatic heterocycles. The molecule has 1 aliphatic rings. The molecular formula is C13H26N2O3. The molecular weight excluding hydrogens is 232 g/mol. The number of methoxy groups -OCH3 is 1. The molecule has 0 bridgehead atoms. The molecule has 1 unspecified atom stereocenters. The van der Waals surface area contributed by atoms with Crippen molar-refractivity contribution in [2.45, 2.75) is 51.7 Å². The predicted molar refractivity (Wildman–Crippen MR) is 70.5 cm³/mol. The van der Waals surface area contributed by atoms with Crippen LogP contribution in [-0.2, 0) is 4.74 Å². The minimum absolute atomic E-state index is 0.167. The maximum atomic E-state index is 11.6. The lowest BCUT2D eigenvalue weighted by molar-refractivity contribution is -0.0674. The fourth-order valence-corrected chi connectivity index (χ4v) is 1.82. The van der Waals surface area contributed by atoms with Crippen molar-refractivity contribution < 1.29 is 14.6 Å². The third kappa shape index (κ3) is 4.14. The Morgan fingerprint density at radius 3 is 2.39 bits per heavy atom. The van der Waals surface area contributed by atoms with Gasteiger partial charge in [-0.05, 0) is 24.7 Å². The lowest BCUT2D eigenvalue weighted by Gasteiger charge is -2.40. The summed E-state index contributed by atoms with van der Waals surface area (Å²) in [6, 6.07) is -0.248. The van der Waals surface area contributed by atoms with Crippen molar-refractivity contribution in [3.05, 3.63) is 0 Å². The zero-order valence-corrected chi connectivity index (χ0v) is 11.9. The summed E-state index contributed by atoms with van der Waals surface area (Å²) in [5.41, 5.74) is -0.394. The molecule has 1 saturated carbocycles. The predicted octanol–water partition coefficient (Wildman–Crippen LogP) is 1.26. The molecule has 0 spiro atoms. The van der Waals surface area contributed by atoms with Crippen LogP contribution in [0, 0.1) is 5.41 Å². The number of hydrogen-bond donors (Lipinski definition) is 3. The highest BCUT2D eigenvalue weighted by Crippen LogP contribution is 2.34. The van der Waals surface area contributed by atoms with Gasteiger partial charge in [-0.2, -0.15) is 0 Å². The summed E-state index contributed by atoms with van der Waals surface area (Å²) in [6.45, 7) is 6.60. The van der Waals surface area contributed by atoms with Gasteiger partial charge in [0.25, 0.3) is 0 Å². The second-order valence-electron chi connectivity index (χ2n) is 6.19. The van der Waals surface area contributed by atoms with Gasteiger partial charge in [0.15, 0.2) is 0 Å². The van der Waals surface area contributed by atoms with E-state index in [9.17, 15) is 9.90 Å². The SMILES string of the molecule is COC1(CNC(=O)NCC(O)C(C)(C)C)CCC1. The van der Waals surface area contributed by atoms with Crippen LogP contribution < -0.4 is 10.6 Å². The molecule has 3 N–H and O–H groups in total. The smallest absolute Gasteiger partial charge is 0.314 e. The number of aliphatic hydroxyl groups is 1. The van der Waals surface area contributed by atoms with Crippen LogP contribution in [0.3, 0.4) is 0 Å². The van der Waals surface area contributed by atoms with Crippen LogP contribution in [0.25, 0.3) is 0 Å². The second-order valence-corrected chi connectivity index (χ2v) is 6.19. The summed E-state index contributed by atoms with van der Waals surface area (Å²) in [7, 11) is 1.68.